The first kappa shape index (κ1) is 10.2. The molecule has 0 unspecified atom stereocenters. The summed E-state index contributed by atoms with van der Waals surface area (Å²) in [7, 11) is 0. The van der Waals surface area contributed by atoms with Gasteiger partial charge in [0.25, 0.3) is 0 Å². The Hall–Kier alpha value is 0.0934. The molecule has 2 nitrogen and oxygen atoms in total. The SMILES string of the molecule is CC(C)C(=O)[O-].[Zn]. The van der Waals surface area contributed by atoms with Gasteiger partial charge < -0.3 is 9.90 Å². The summed E-state index contributed by atoms with van der Waals surface area (Å²) >= 11 is 0. The Labute approximate surface area is 55.7 Å². The largest absolute Gasteiger partial charge is 0.550 e. The molecule has 7 heavy (non-hydrogen) atoms. The average Bonchev–Trinajstić information content (AvgIpc) is 1.36. The molecule has 0 aliphatic carbocycles. The van der Waals surface area contributed by atoms with Crippen molar-refractivity contribution in [2.45, 2.75) is 13.8 Å². The van der Waals surface area contributed by atoms with Crippen LogP contribution in [-0.4, -0.2) is 5.97 Å². The Balaban J connectivity index is 0. The van der Waals surface area contributed by atoms with Gasteiger partial charge >= 0.3 is 0 Å². The van der Waals surface area contributed by atoms with Crippen LogP contribution >= 0.6 is 0 Å². The van der Waals surface area contributed by atoms with E-state index in [1.165, 1.54) is 0 Å². The Kier molecular flexibility index (Phi) is 6.17. The molecule has 0 aromatic rings. The van der Waals surface area contributed by atoms with Gasteiger partial charge in [-0.15, -0.1) is 0 Å². The summed E-state index contributed by atoms with van der Waals surface area (Å²) in [5, 5.41) is 9.59. The zero-order chi connectivity index (χ0) is 5.15. The molecule has 0 heterocycles. The maximum atomic E-state index is 9.59. The van der Waals surface area contributed by atoms with Gasteiger partial charge in [-0.05, 0) is 5.92 Å². The minimum absolute atomic E-state index is 0. The van der Waals surface area contributed by atoms with Crippen molar-refractivity contribution in [1.82, 2.24) is 0 Å². The van der Waals surface area contributed by atoms with E-state index >= 15 is 0 Å². The first-order valence-corrected chi connectivity index (χ1v) is 1.85. The zero-order valence-electron chi connectivity index (χ0n) is 4.60. The Morgan fingerprint density at radius 3 is 1.71 bits per heavy atom. The number of carbonyl (C=O) groups is 1. The molecule has 0 N–H and O–H groups in total. The van der Waals surface area contributed by atoms with Crippen LogP contribution in [0.1, 0.15) is 13.8 Å². The molecule has 3 heteroatoms. The van der Waals surface area contributed by atoms with E-state index in [-0.39, 0.29) is 25.4 Å². The average molecular weight is 152 g/mol. The van der Waals surface area contributed by atoms with Gasteiger partial charge in [-0.3, -0.25) is 0 Å². The predicted octanol–water partition coefficient (Wildman–Crippen LogP) is -0.610. The van der Waals surface area contributed by atoms with E-state index in [1.807, 2.05) is 0 Å². The van der Waals surface area contributed by atoms with Crippen LogP contribution in [0.5, 0.6) is 0 Å². The third-order valence-corrected chi connectivity index (χ3v) is 0.471. The molecule has 0 bridgehead atoms. The number of aliphatic carboxylic acids is 1. The van der Waals surface area contributed by atoms with Gasteiger partial charge in [-0.2, -0.15) is 0 Å². The normalized spacial score (nSPS) is 7.86. The second-order valence-electron chi connectivity index (χ2n) is 1.47. The third kappa shape index (κ3) is 6.09. The first-order chi connectivity index (χ1) is 2.64. The third-order valence-electron chi connectivity index (χ3n) is 0.471. The van der Waals surface area contributed by atoms with Crippen LogP contribution in [-0.2, 0) is 24.3 Å². The number of hydrogen-bond acceptors (Lipinski definition) is 2. The van der Waals surface area contributed by atoms with Gasteiger partial charge in [-0.1, -0.05) is 13.8 Å². The number of carbonyl (C=O) groups excluding carboxylic acids is 1. The van der Waals surface area contributed by atoms with Gasteiger partial charge in [0.1, 0.15) is 0 Å². The Morgan fingerprint density at radius 1 is 1.57 bits per heavy atom. The molecular weight excluding hydrogens is 145 g/mol. The van der Waals surface area contributed by atoms with Gasteiger partial charge in [-0.25, -0.2) is 0 Å². The van der Waals surface area contributed by atoms with Crippen molar-refractivity contribution in [3.63, 3.8) is 0 Å². The fourth-order valence-corrected chi connectivity index (χ4v) is 0. The zero-order valence-corrected chi connectivity index (χ0v) is 7.57. The molecule has 0 spiro atoms. The van der Waals surface area contributed by atoms with Crippen molar-refractivity contribution >= 4 is 5.97 Å². The quantitative estimate of drug-likeness (QED) is 0.471. The maximum absolute atomic E-state index is 9.59. The van der Waals surface area contributed by atoms with E-state index in [2.05, 4.69) is 0 Å². The van der Waals surface area contributed by atoms with E-state index in [1.54, 1.807) is 13.8 Å². The predicted molar refractivity (Wildman–Crippen MR) is 19.8 cm³/mol. The molecule has 0 aromatic heterocycles. The fraction of sp³-hybridized carbons (Fsp3) is 0.750. The Bertz CT molecular complexity index is 60.7. The molecule has 0 saturated heterocycles. The van der Waals surface area contributed by atoms with E-state index < -0.39 is 5.97 Å². The van der Waals surface area contributed by atoms with Crippen LogP contribution in [0.15, 0.2) is 0 Å². The van der Waals surface area contributed by atoms with Gasteiger partial charge in [0.2, 0.25) is 0 Å². The molecule has 0 radical (unpaired) electrons. The van der Waals surface area contributed by atoms with Crippen LogP contribution in [0.25, 0.3) is 0 Å². The van der Waals surface area contributed by atoms with Gasteiger partial charge in [0.05, 0.1) is 0 Å². The fourth-order valence-electron chi connectivity index (χ4n) is 0. The van der Waals surface area contributed by atoms with E-state index in [0.717, 1.165) is 0 Å². The van der Waals surface area contributed by atoms with Crippen molar-refractivity contribution < 1.29 is 29.4 Å². The van der Waals surface area contributed by atoms with Crippen LogP contribution in [0.4, 0.5) is 0 Å². The summed E-state index contributed by atoms with van der Waals surface area (Å²) in [6.07, 6.45) is 0. The van der Waals surface area contributed by atoms with Crippen molar-refractivity contribution in [3.8, 4) is 0 Å². The molecule has 0 rings (SSSR count). The van der Waals surface area contributed by atoms with Gasteiger partial charge in [0, 0.05) is 25.4 Å². The number of carboxylic acid groups (broad SMARTS) is 1. The summed E-state index contributed by atoms with van der Waals surface area (Å²) in [5.74, 6) is -1.33. The Morgan fingerprint density at radius 2 is 1.71 bits per heavy atom. The van der Waals surface area contributed by atoms with E-state index in [9.17, 15) is 9.90 Å². The van der Waals surface area contributed by atoms with Crippen molar-refractivity contribution in [2.24, 2.45) is 5.92 Å². The second kappa shape index (κ2) is 4.26. The van der Waals surface area contributed by atoms with Crippen LogP contribution in [0.3, 0.4) is 0 Å². The second-order valence-corrected chi connectivity index (χ2v) is 1.47. The van der Waals surface area contributed by atoms with Crippen LogP contribution in [0.2, 0.25) is 0 Å². The minimum Gasteiger partial charge on any atom is -0.550 e. The van der Waals surface area contributed by atoms with E-state index in [4.69, 9.17) is 0 Å². The number of hydrogen-bond donors (Lipinski definition) is 0. The minimum atomic E-state index is -0.991. The molecule has 0 aliphatic rings. The van der Waals surface area contributed by atoms with Crippen molar-refractivity contribution in [1.29, 1.82) is 0 Å². The molecule has 0 aliphatic heterocycles. The molecule has 0 fully saturated rings. The number of rotatable bonds is 1. The van der Waals surface area contributed by atoms with Crippen molar-refractivity contribution in [3.05, 3.63) is 0 Å². The summed E-state index contributed by atoms with van der Waals surface area (Å²) in [6, 6.07) is 0. The standard InChI is InChI=1S/C4H8O2.Zn/c1-3(2)4(5)6;/h3H,1-2H3,(H,5,6);/p-1. The van der Waals surface area contributed by atoms with Crippen molar-refractivity contribution in [2.75, 3.05) is 0 Å². The topological polar surface area (TPSA) is 40.1 Å². The van der Waals surface area contributed by atoms with Crippen LogP contribution in [0, 0.1) is 5.92 Å². The number of carboxylic acids is 1. The smallest absolute Gasteiger partial charge is 0.0439 e. The molecule has 0 atom stereocenters. The van der Waals surface area contributed by atoms with Crippen LogP contribution < -0.4 is 5.11 Å². The molecule has 38 valence electrons. The van der Waals surface area contributed by atoms with Gasteiger partial charge in [0.15, 0.2) is 0 Å². The summed E-state index contributed by atoms with van der Waals surface area (Å²) in [6.45, 7) is 3.16. The molecule has 0 amide bonds. The summed E-state index contributed by atoms with van der Waals surface area (Å²) < 4.78 is 0. The molecular formula is C4H7O2Zn-. The molecule has 0 aromatic carbocycles. The van der Waals surface area contributed by atoms with E-state index in [0.29, 0.717) is 0 Å². The summed E-state index contributed by atoms with van der Waals surface area (Å²) in [4.78, 5) is 9.59. The first-order valence-electron chi connectivity index (χ1n) is 1.85. The summed E-state index contributed by atoms with van der Waals surface area (Å²) in [5.41, 5.74) is 0. The molecule has 0 saturated carbocycles. The monoisotopic (exact) mass is 151 g/mol. The maximum Gasteiger partial charge on any atom is 0.0439 e.